The predicted molar refractivity (Wildman–Crippen MR) is 454 cm³/mol. The Bertz CT molecular complexity index is 2700. The van der Waals surface area contributed by atoms with Gasteiger partial charge in [0.05, 0.1) is 26.4 Å². The molecule has 110 heavy (non-hydrogen) atoms. The molecular weight excluding hydrogens is 1430 g/mol. The van der Waals surface area contributed by atoms with E-state index in [1.807, 2.05) is 0 Å². The molecule has 0 aliphatic rings. The first-order valence-corrected chi connectivity index (χ1v) is 45.7. The molecule has 17 nitrogen and oxygen atoms in total. The maximum Gasteiger partial charge on any atom is 0.472 e. The lowest BCUT2D eigenvalue weighted by molar-refractivity contribution is -0.161. The number of allylic oxidation sites excluding steroid dienone is 26. The van der Waals surface area contributed by atoms with Gasteiger partial charge in [0.25, 0.3) is 0 Å². The number of rotatable bonds is 79. The summed E-state index contributed by atoms with van der Waals surface area (Å²) in [5, 5.41) is 10.7. The smallest absolute Gasteiger partial charge is 0.462 e. The summed E-state index contributed by atoms with van der Waals surface area (Å²) in [6.45, 7) is 4.49. The zero-order valence-corrected chi connectivity index (χ0v) is 70.7. The first-order valence-electron chi connectivity index (χ1n) is 42.7. The lowest BCUT2D eigenvalue weighted by Gasteiger charge is -2.21. The average molecular weight is 1580 g/mol. The Kier molecular flexibility index (Phi) is 77.7. The molecule has 0 saturated heterocycles. The minimum Gasteiger partial charge on any atom is -0.462 e. The van der Waals surface area contributed by atoms with Crippen LogP contribution in [-0.4, -0.2) is 96.7 Å². The van der Waals surface area contributed by atoms with Crippen LogP contribution in [0.25, 0.3) is 0 Å². The molecule has 0 aromatic carbocycles. The molecule has 0 aromatic rings. The maximum atomic E-state index is 13.1. The number of phosphoric ester groups is 2. The number of ether oxygens (including phenoxy) is 4. The third-order valence-electron chi connectivity index (χ3n) is 17.5. The van der Waals surface area contributed by atoms with E-state index in [2.05, 4.69) is 186 Å². The first kappa shape index (κ1) is 105. The van der Waals surface area contributed by atoms with E-state index >= 15 is 0 Å². The van der Waals surface area contributed by atoms with E-state index in [1.54, 1.807) is 0 Å². The molecular formula is C91H152O17P2. The molecule has 0 bridgehead atoms. The Morgan fingerprint density at radius 2 is 0.473 bits per heavy atom. The van der Waals surface area contributed by atoms with Crippen LogP contribution >= 0.6 is 15.6 Å². The molecule has 0 spiro atoms. The van der Waals surface area contributed by atoms with Crippen molar-refractivity contribution in [1.82, 2.24) is 0 Å². The molecule has 0 rings (SSSR count). The van der Waals surface area contributed by atoms with E-state index in [0.717, 1.165) is 193 Å². The van der Waals surface area contributed by atoms with Crippen molar-refractivity contribution in [3.63, 3.8) is 0 Å². The second-order valence-electron chi connectivity index (χ2n) is 28.0. The van der Waals surface area contributed by atoms with Crippen LogP contribution < -0.4 is 0 Å². The van der Waals surface area contributed by atoms with Crippen LogP contribution in [0.3, 0.4) is 0 Å². The number of unbranched alkanes of at least 4 members (excludes halogenated alkanes) is 27. The monoisotopic (exact) mass is 1580 g/mol. The zero-order chi connectivity index (χ0) is 80.3. The summed E-state index contributed by atoms with van der Waals surface area (Å²) in [6, 6.07) is 0. The lowest BCUT2D eigenvalue weighted by Crippen LogP contribution is -2.30. The van der Waals surface area contributed by atoms with Crippen molar-refractivity contribution >= 4 is 39.5 Å². The third kappa shape index (κ3) is 80.7. The second-order valence-corrected chi connectivity index (χ2v) is 30.9. The molecule has 5 unspecified atom stereocenters. The van der Waals surface area contributed by atoms with Gasteiger partial charge >= 0.3 is 39.5 Å². The van der Waals surface area contributed by atoms with Gasteiger partial charge in [-0.2, -0.15) is 0 Å². The standard InChI is InChI=1S/C91H152O17P2/c1-5-9-13-17-21-25-29-33-37-40-42-45-49-52-56-60-64-68-72-76-89(94)102-82-87(108-91(96)78-74-70-66-62-58-54-50-46-43-41-38-34-30-26-22-18-14-10-6-2)84-106-110(99,100)104-80-85(92)79-103-109(97,98)105-83-86(107-90(95)77-73-69-65-61-57-53-47-36-32-28-24-20-16-12-8-4)81-101-88(93)75-71-67-63-59-55-51-48-44-39-35-31-27-23-19-15-11-7-3/h9-11,13-15,21-23,25-27,33-35,37-39,42-43,45-46,52,54,56,58,85-87,92H,5-8,12,16-20,24,28-32,36,40-41,44,47-51,53,55,57,59-84H2,1-4H3,(H,97,98)(H,99,100)/b13-9-,14-10-,15-11-,25-21-,26-22-,27-23-,37-33-,38-34-,39-35-,45-42-,46-43-,56-52-,58-54-. The molecule has 5 atom stereocenters. The minimum atomic E-state index is -5.01. The Morgan fingerprint density at radius 1 is 0.264 bits per heavy atom. The van der Waals surface area contributed by atoms with Gasteiger partial charge in [0.1, 0.15) is 19.3 Å². The van der Waals surface area contributed by atoms with E-state index in [4.69, 9.17) is 37.0 Å². The van der Waals surface area contributed by atoms with Crippen LogP contribution in [0.15, 0.2) is 158 Å². The molecule has 0 aromatic heterocycles. The summed E-state index contributed by atoms with van der Waals surface area (Å²) in [4.78, 5) is 73.3. The topological polar surface area (TPSA) is 237 Å². The van der Waals surface area contributed by atoms with E-state index in [1.165, 1.54) is 64.2 Å². The first-order chi connectivity index (χ1) is 53.7. The molecule has 19 heteroatoms. The van der Waals surface area contributed by atoms with Gasteiger partial charge in [-0.15, -0.1) is 0 Å². The highest BCUT2D eigenvalue weighted by molar-refractivity contribution is 7.47. The number of esters is 4. The second kappa shape index (κ2) is 81.7. The zero-order valence-electron chi connectivity index (χ0n) is 68.9. The Labute approximate surface area is 668 Å². The Hall–Kier alpha value is -5.32. The van der Waals surface area contributed by atoms with Gasteiger partial charge < -0.3 is 33.8 Å². The van der Waals surface area contributed by atoms with Crippen molar-refractivity contribution < 1.29 is 80.2 Å². The van der Waals surface area contributed by atoms with Crippen LogP contribution in [0.4, 0.5) is 0 Å². The minimum absolute atomic E-state index is 0.0431. The average Bonchev–Trinajstić information content (AvgIpc) is 0.900. The van der Waals surface area contributed by atoms with E-state index in [9.17, 15) is 43.2 Å². The van der Waals surface area contributed by atoms with Gasteiger partial charge in [-0.25, -0.2) is 9.13 Å². The predicted octanol–water partition coefficient (Wildman–Crippen LogP) is 25.6. The maximum absolute atomic E-state index is 13.1. The highest BCUT2D eigenvalue weighted by Crippen LogP contribution is 2.45. The van der Waals surface area contributed by atoms with Crippen molar-refractivity contribution in [3.05, 3.63) is 158 Å². The highest BCUT2D eigenvalue weighted by atomic mass is 31.2. The van der Waals surface area contributed by atoms with Crippen molar-refractivity contribution in [3.8, 4) is 0 Å². The molecule has 0 aliphatic heterocycles. The number of aliphatic hydroxyl groups is 1. The fourth-order valence-corrected chi connectivity index (χ4v) is 12.7. The van der Waals surface area contributed by atoms with E-state index < -0.39 is 97.5 Å². The molecule has 0 heterocycles. The number of carbonyl (C=O) groups is 4. The number of hydrogen-bond donors (Lipinski definition) is 3. The number of aliphatic hydroxyl groups excluding tert-OH is 1. The summed E-state index contributed by atoms with van der Waals surface area (Å²) in [7, 11) is -10.00. The highest BCUT2D eigenvalue weighted by Gasteiger charge is 2.30. The summed E-state index contributed by atoms with van der Waals surface area (Å²) in [5.41, 5.74) is 0. The van der Waals surface area contributed by atoms with Crippen molar-refractivity contribution in [1.29, 1.82) is 0 Å². The summed E-state index contributed by atoms with van der Waals surface area (Å²) >= 11 is 0. The molecule has 0 fully saturated rings. The molecule has 0 radical (unpaired) electrons. The van der Waals surface area contributed by atoms with Crippen molar-refractivity contribution in [2.45, 2.75) is 354 Å². The molecule has 0 saturated carbocycles. The summed E-state index contributed by atoms with van der Waals surface area (Å²) in [5.74, 6) is -2.25. The van der Waals surface area contributed by atoms with E-state index in [0.29, 0.717) is 25.7 Å². The van der Waals surface area contributed by atoms with Gasteiger partial charge in [-0.05, 0) is 148 Å². The van der Waals surface area contributed by atoms with Gasteiger partial charge in [-0.1, -0.05) is 321 Å². The van der Waals surface area contributed by atoms with Gasteiger partial charge in [0.2, 0.25) is 0 Å². The summed E-state index contributed by atoms with van der Waals surface area (Å²) in [6.07, 6.45) is 96.3. The fraction of sp³-hybridized carbons (Fsp3) is 0.670. The number of phosphoric acid groups is 2. The third-order valence-corrected chi connectivity index (χ3v) is 19.4. The van der Waals surface area contributed by atoms with Crippen molar-refractivity contribution in [2.24, 2.45) is 0 Å². The SMILES string of the molecule is CC/C=C\C/C=C\C/C=C\C/C=C\C/C=C\CCCCCC(=O)OCC(COP(=O)(O)OCC(O)COP(=O)(O)OCC(COC(=O)CCCCCCCCC/C=C\C/C=C\C/C=C\CC)OC(=O)CCCCCCCCCCCCCCCCC)OC(=O)CCCCC/C=C\C/C=C\C/C=C\C/C=C\C/C=C\CC. The fourth-order valence-electron chi connectivity index (χ4n) is 11.1. The van der Waals surface area contributed by atoms with Gasteiger partial charge in [0.15, 0.2) is 12.2 Å². The Morgan fingerprint density at radius 3 is 0.736 bits per heavy atom. The Balaban J connectivity index is 5.46. The largest absolute Gasteiger partial charge is 0.472 e. The molecule has 0 amide bonds. The quantitative estimate of drug-likeness (QED) is 0.0169. The number of hydrogen-bond acceptors (Lipinski definition) is 15. The summed E-state index contributed by atoms with van der Waals surface area (Å²) < 4.78 is 68.8. The van der Waals surface area contributed by atoms with Crippen LogP contribution in [0, 0.1) is 0 Å². The number of carbonyl (C=O) groups excluding carboxylic acids is 4. The normalized spacial score (nSPS) is 14.6. The lowest BCUT2D eigenvalue weighted by atomic mass is 10.0. The van der Waals surface area contributed by atoms with E-state index in [-0.39, 0.29) is 25.7 Å². The van der Waals surface area contributed by atoms with Gasteiger partial charge in [0, 0.05) is 25.7 Å². The van der Waals surface area contributed by atoms with Crippen molar-refractivity contribution in [2.75, 3.05) is 39.6 Å². The molecule has 3 N–H and O–H groups in total. The van der Waals surface area contributed by atoms with Crippen LogP contribution in [0.5, 0.6) is 0 Å². The molecule has 0 aliphatic carbocycles. The van der Waals surface area contributed by atoms with Crippen LogP contribution in [0.1, 0.15) is 336 Å². The van der Waals surface area contributed by atoms with Crippen LogP contribution in [0.2, 0.25) is 0 Å². The van der Waals surface area contributed by atoms with Gasteiger partial charge in [-0.3, -0.25) is 37.3 Å². The molecule has 628 valence electrons. The van der Waals surface area contributed by atoms with Crippen LogP contribution in [-0.2, 0) is 65.4 Å².